The van der Waals surface area contributed by atoms with Gasteiger partial charge in [0, 0.05) is 29.5 Å². The number of β-lactam (4-membered cyclic amide) rings is 1. The SMILES string of the molecule is C=CCOC(=O)C1=C2[C@@H](S[C@H]3CCN(C(=O)OCC=C)C3)CCC[C@H]2[C@@H]2[C@@H]([C@@H](C)O)C(=O)N12. The second-order valence-corrected chi connectivity index (χ2v) is 10.5. The third-order valence-corrected chi connectivity index (χ3v) is 8.56. The summed E-state index contributed by atoms with van der Waals surface area (Å²) in [6.45, 7) is 10.3. The van der Waals surface area contributed by atoms with Crippen LogP contribution in [0.3, 0.4) is 0 Å². The van der Waals surface area contributed by atoms with Gasteiger partial charge in [-0.2, -0.15) is 0 Å². The smallest absolute Gasteiger partial charge is 0.410 e. The van der Waals surface area contributed by atoms with Crippen LogP contribution in [0.15, 0.2) is 36.6 Å². The number of hydrogen-bond donors (Lipinski definition) is 1. The molecule has 1 N–H and O–H groups in total. The summed E-state index contributed by atoms with van der Waals surface area (Å²) in [6.07, 6.45) is 5.59. The maximum Gasteiger partial charge on any atom is 0.410 e. The van der Waals surface area contributed by atoms with Gasteiger partial charge in [0.1, 0.15) is 18.9 Å². The van der Waals surface area contributed by atoms with Crippen molar-refractivity contribution in [3.8, 4) is 0 Å². The number of hydrogen-bond acceptors (Lipinski definition) is 7. The Morgan fingerprint density at radius 3 is 2.64 bits per heavy atom. The molecule has 3 aliphatic heterocycles. The van der Waals surface area contributed by atoms with E-state index in [0.717, 1.165) is 31.3 Å². The monoisotopic (exact) mass is 476 g/mol. The van der Waals surface area contributed by atoms with E-state index in [0.29, 0.717) is 18.8 Å². The number of carbonyl (C=O) groups is 3. The van der Waals surface area contributed by atoms with E-state index in [1.54, 1.807) is 34.6 Å². The number of fused-ring (bicyclic) bond motifs is 3. The highest BCUT2D eigenvalue weighted by molar-refractivity contribution is 8.00. The zero-order valence-corrected chi connectivity index (χ0v) is 19.8. The molecule has 0 unspecified atom stereocenters. The van der Waals surface area contributed by atoms with E-state index in [2.05, 4.69) is 13.2 Å². The Labute approximate surface area is 198 Å². The number of ether oxygens (including phenoxy) is 2. The molecule has 0 aromatic heterocycles. The van der Waals surface area contributed by atoms with Gasteiger partial charge in [0.25, 0.3) is 0 Å². The van der Waals surface area contributed by atoms with Crippen molar-refractivity contribution in [3.63, 3.8) is 0 Å². The van der Waals surface area contributed by atoms with Crippen molar-refractivity contribution < 1.29 is 29.0 Å². The maximum atomic E-state index is 13.0. The molecule has 33 heavy (non-hydrogen) atoms. The first kappa shape index (κ1) is 23.9. The molecule has 0 aromatic carbocycles. The number of carbonyl (C=O) groups excluding carboxylic acids is 3. The zero-order valence-electron chi connectivity index (χ0n) is 19.0. The van der Waals surface area contributed by atoms with Crippen molar-refractivity contribution >= 4 is 29.7 Å². The number of likely N-dealkylation sites (tertiary alicyclic amines) is 1. The van der Waals surface area contributed by atoms with Gasteiger partial charge < -0.3 is 24.4 Å². The second kappa shape index (κ2) is 9.93. The van der Waals surface area contributed by atoms with Gasteiger partial charge in [-0.1, -0.05) is 31.7 Å². The first-order chi connectivity index (χ1) is 15.9. The normalized spacial score (nSPS) is 31.5. The van der Waals surface area contributed by atoms with Crippen molar-refractivity contribution in [2.75, 3.05) is 26.3 Å². The van der Waals surface area contributed by atoms with Crippen molar-refractivity contribution in [2.45, 2.75) is 55.3 Å². The molecule has 8 nitrogen and oxygen atoms in total. The molecule has 3 heterocycles. The fourth-order valence-electron chi connectivity index (χ4n) is 5.63. The lowest BCUT2D eigenvalue weighted by atomic mass is 9.72. The summed E-state index contributed by atoms with van der Waals surface area (Å²) >= 11 is 1.78. The Morgan fingerprint density at radius 1 is 1.21 bits per heavy atom. The molecule has 180 valence electrons. The summed E-state index contributed by atoms with van der Waals surface area (Å²) in [5.74, 6) is -1.14. The van der Waals surface area contributed by atoms with Crippen LogP contribution in [0.1, 0.15) is 32.6 Å². The van der Waals surface area contributed by atoms with Gasteiger partial charge in [0.15, 0.2) is 0 Å². The van der Waals surface area contributed by atoms with Crippen LogP contribution in [0.4, 0.5) is 4.79 Å². The van der Waals surface area contributed by atoms with Gasteiger partial charge in [-0.05, 0) is 31.8 Å². The highest BCUT2D eigenvalue weighted by Gasteiger charge is 2.62. The van der Waals surface area contributed by atoms with E-state index < -0.39 is 18.0 Å². The number of nitrogens with zero attached hydrogens (tertiary/aromatic N) is 2. The number of thioether (sulfide) groups is 1. The largest absolute Gasteiger partial charge is 0.457 e. The number of aliphatic hydroxyl groups excluding tert-OH is 1. The van der Waals surface area contributed by atoms with Crippen molar-refractivity contribution in [3.05, 3.63) is 36.6 Å². The summed E-state index contributed by atoms with van der Waals surface area (Å²) in [4.78, 5) is 41.4. The van der Waals surface area contributed by atoms with Gasteiger partial charge in [0.05, 0.1) is 18.1 Å². The lowest BCUT2D eigenvalue weighted by Gasteiger charge is -2.47. The quantitative estimate of drug-likeness (QED) is 0.327. The Kier molecular flexibility index (Phi) is 7.19. The van der Waals surface area contributed by atoms with Crippen LogP contribution in [0.25, 0.3) is 0 Å². The van der Waals surface area contributed by atoms with Gasteiger partial charge >= 0.3 is 12.1 Å². The van der Waals surface area contributed by atoms with E-state index >= 15 is 0 Å². The molecule has 0 bridgehead atoms. The molecule has 4 rings (SSSR count). The molecule has 9 heteroatoms. The lowest BCUT2D eigenvalue weighted by molar-refractivity contribution is -0.164. The highest BCUT2D eigenvalue weighted by Crippen LogP contribution is 2.55. The number of esters is 1. The molecule has 1 aliphatic carbocycles. The summed E-state index contributed by atoms with van der Waals surface area (Å²) in [5, 5.41) is 10.5. The Hall–Kier alpha value is -2.26. The Morgan fingerprint density at radius 2 is 1.94 bits per heavy atom. The van der Waals surface area contributed by atoms with Crippen LogP contribution < -0.4 is 0 Å². The Bertz CT molecular complexity index is 871. The number of amides is 2. The van der Waals surface area contributed by atoms with Gasteiger partial charge in [0.2, 0.25) is 5.91 Å². The van der Waals surface area contributed by atoms with Gasteiger partial charge in [-0.15, -0.1) is 11.8 Å². The fourth-order valence-corrected chi connectivity index (χ4v) is 7.34. The predicted molar refractivity (Wildman–Crippen MR) is 124 cm³/mol. The van der Waals surface area contributed by atoms with Crippen molar-refractivity contribution in [1.29, 1.82) is 0 Å². The summed E-state index contributed by atoms with van der Waals surface area (Å²) in [7, 11) is 0. The van der Waals surface area contributed by atoms with E-state index in [4.69, 9.17) is 9.47 Å². The van der Waals surface area contributed by atoms with Crippen LogP contribution in [0.5, 0.6) is 0 Å². The van der Waals surface area contributed by atoms with E-state index in [9.17, 15) is 19.5 Å². The van der Waals surface area contributed by atoms with Crippen LogP contribution in [-0.4, -0.2) is 81.8 Å². The van der Waals surface area contributed by atoms with Gasteiger partial charge in [-0.25, -0.2) is 9.59 Å². The summed E-state index contributed by atoms with van der Waals surface area (Å²) in [5.41, 5.74) is 1.35. The standard InChI is InChI=1S/C24H32N2O6S/c1-4-11-31-23(29)21-19-16(20-18(14(3)27)22(28)26(20)21)7-6-8-17(19)33-15-9-10-25(13-15)24(30)32-12-5-2/h4-5,14-18,20,27H,1-2,6-13H2,3H3/t14-,15+,16-,17+,18-,20-/m1/s1. The van der Waals surface area contributed by atoms with Crippen LogP contribution in [0, 0.1) is 11.8 Å². The Balaban J connectivity index is 1.55. The molecule has 1 saturated carbocycles. The molecule has 0 spiro atoms. The minimum atomic E-state index is -0.762. The van der Waals surface area contributed by atoms with Crippen LogP contribution in [-0.2, 0) is 19.1 Å². The molecule has 3 fully saturated rings. The van der Waals surface area contributed by atoms with Crippen molar-refractivity contribution in [2.24, 2.45) is 11.8 Å². The molecule has 0 aromatic rings. The van der Waals surface area contributed by atoms with E-state index in [1.807, 2.05) is 0 Å². The zero-order chi connectivity index (χ0) is 23.7. The first-order valence-electron chi connectivity index (χ1n) is 11.6. The molecular formula is C24H32N2O6S. The first-order valence-corrected chi connectivity index (χ1v) is 12.5. The molecule has 6 atom stereocenters. The molecule has 0 radical (unpaired) electrons. The maximum absolute atomic E-state index is 13.0. The van der Waals surface area contributed by atoms with Crippen molar-refractivity contribution in [1.82, 2.24) is 9.80 Å². The third-order valence-electron chi connectivity index (χ3n) is 6.97. The van der Waals surface area contributed by atoms with E-state index in [-0.39, 0.29) is 47.7 Å². The fraction of sp³-hybridized carbons (Fsp3) is 0.625. The summed E-state index contributed by atoms with van der Waals surface area (Å²) in [6, 6.07) is -0.184. The lowest BCUT2D eigenvalue weighted by Crippen LogP contribution is -2.64. The average molecular weight is 477 g/mol. The minimum absolute atomic E-state index is 0.0508. The van der Waals surface area contributed by atoms with Crippen LogP contribution >= 0.6 is 11.8 Å². The molecular weight excluding hydrogens is 444 g/mol. The third kappa shape index (κ3) is 4.33. The summed E-state index contributed by atoms with van der Waals surface area (Å²) < 4.78 is 10.5. The van der Waals surface area contributed by atoms with Crippen LogP contribution in [0.2, 0.25) is 0 Å². The molecule has 2 amide bonds. The minimum Gasteiger partial charge on any atom is -0.457 e. The number of rotatable bonds is 8. The average Bonchev–Trinajstić information content (AvgIpc) is 3.37. The molecule has 2 saturated heterocycles. The van der Waals surface area contributed by atoms with E-state index in [1.165, 1.54) is 6.08 Å². The predicted octanol–water partition coefficient (Wildman–Crippen LogP) is 2.49. The topological polar surface area (TPSA) is 96.4 Å². The highest BCUT2D eigenvalue weighted by atomic mass is 32.2. The molecule has 4 aliphatic rings. The number of aliphatic hydroxyl groups is 1. The second-order valence-electron chi connectivity index (χ2n) is 9.04. The van der Waals surface area contributed by atoms with Gasteiger partial charge in [-0.3, -0.25) is 4.79 Å².